The molecular weight excluding hydrogens is 266 g/mol. The first-order valence-electron chi connectivity index (χ1n) is 6.77. The van der Waals surface area contributed by atoms with Gasteiger partial charge in [0.25, 0.3) is 5.69 Å². The molecule has 0 bridgehead atoms. The standard InChI is InChI=1S/C16H19N3O2/c1-12(13-8-4-6-10-15(13)19(20)21)17-14-9-5-7-11-16(14)18(2)3/h4-12,17H,1-3H3. The van der Waals surface area contributed by atoms with Gasteiger partial charge in [0, 0.05) is 20.2 Å². The van der Waals surface area contributed by atoms with E-state index in [1.54, 1.807) is 12.1 Å². The molecule has 0 saturated carbocycles. The molecule has 5 heteroatoms. The highest BCUT2D eigenvalue weighted by atomic mass is 16.6. The molecule has 0 amide bonds. The van der Waals surface area contributed by atoms with E-state index in [9.17, 15) is 10.1 Å². The third-order valence-electron chi connectivity index (χ3n) is 3.36. The SMILES string of the molecule is CC(Nc1ccccc1N(C)C)c1ccccc1[N+](=O)[O-]. The molecule has 21 heavy (non-hydrogen) atoms. The molecule has 2 aromatic rings. The number of rotatable bonds is 5. The largest absolute Gasteiger partial charge is 0.377 e. The minimum atomic E-state index is -0.342. The van der Waals surface area contributed by atoms with E-state index in [2.05, 4.69) is 5.32 Å². The lowest BCUT2D eigenvalue weighted by molar-refractivity contribution is -0.385. The van der Waals surface area contributed by atoms with Crippen LogP contribution in [-0.4, -0.2) is 19.0 Å². The summed E-state index contributed by atoms with van der Waals surface area (Å²) >= 11 is 0. The maximum atomic E-state index is 11.1. The van der Waals surface area contributed by atoms with Gasteiger partial charge in [-0.3, -0.25) is 10.1 Å². The van der Waals surface area contributed by atoms with Crippen molar-refractivity contribution in [1.82, 2.24) is 0 Å². The zero-order chi connectivity index (χ0) is 15.4. The van der Waals surface area contributed by atoms with Crippen LogP contribution in [0.4, 0.5) is 17.1 Å². The summed E-state index contributed by atoms with van der Waals surface area (Å²) in [5, 5.41) is 14.5. The second-order valence-corrected chi connectivity index (χ2v) is 5.09. The molecule has 1 N–H and O–H groups in total. The Labute approximate surface area is 124 Å². The van der Waals surface area contributed by atoms with Crippen LogP contribution in [0.3, 0.4) is 0 Å². The zero-order valence-electron chi connectivity index (χ0n) is 12.4. The van der Waals surface area contributed by atoms with Gasteiger partial charge in [0.15, 0.2) is 0 Å². The van der Waals surface area contributed by atoms with Crippen LogP contribution in [0, 0.1) is 10.1 Å². The number of anilines is 2. The molecule has 1 atom stereocenters. The smallest absolute Gasteiger partial charge is 0.274 e. The van der Waals surface area contributed by atoms with Crippen LogP contribution >= 0.6 is 0 Å². The van der Waals surface area contributed by atoms with Crippen molar-refractivity contribution in [2.45, 2.75) is 13.0 Å². The molecule has 2 aromatic carbocycles. The summed E-state index contributed by atoms with van der Waals surface area (Å²) in [5.74, 6) is 0. The zero-order valence-corrected chi connectivity index (χ0v) is 12.4. The highest BCUT2D eigenvalue weighted by Gasteiger charge is 2.18. The van der Waals surface area contributed by atoms with Crippen molar-refractivity contribution in [1.29, 1.82) is 0 Å². The third-order valence-corrected chi connectivity index (χ3v) is 3.36. The number of nitrogens with zero attached hydrogens (tertiary/aromatic N) is 2. The third kappa shape index (κ3) is 3.31. The van der Waals surface area contributed by atoms with Gasteiger partial charge in [-0.25, -0.2) is 0 Å². The van der Waals surface area contributed by atoms with Crippen LogP contribution in [0.1, 0.15) is 18.5 Å². The maximum Gasteiger partial charge on any atom is 0.274 e. The number of nitrogens with one attached hydrogen (secondary N) is 1. The number of benzene rings is 2. The summed E-state index contributed by atoms with van der Waals surface area (Å²) in [6, 6.07) is 14.6. The van der Waals surface area contributed by atoms with Gasteiger partial charge in [-0.05, 0) is 19.1 Å². The van der Waals surface area contributed by atoms with E-state index in [1.165, 1.54) is 6.07 Å². The molecule has 2 rings (SSSR count). The molecule has 1 unspecified atom stereocenters. The Morgan fingerprint density at radius 3 is 2.38 bits per heavy atom. The molecule has 110 valence electrons. The summed E-state index contributed by atoms with van der Waals surface area (Å²) < 4.78 is 0. The molecule has 5 nitrogen and oxygen atoms in total. The fourth-order valence-electron chi connectivity index (χ4n) is 2.32. The van der Waals surface area contributed by atoms with Crippen molar-refractivity contribution in [2.75, 3.05) is 24.3 Å². The first kappa shape index (κ1) is 14.8. The van der Waals surface area contributed by atoms with Crippen molar-refractivity contribution in [3.05, 3.63) is 64.2 Å². The first-order valence-corrected chi connectivity index (χ1v) is 6.77. The Kier molecular flexibility index (Phi) is 4.42. The summed E-state index contributed by atoms with van der Waals surface area (Å²) in [6.45, 7) is 1.93. The van der Waals surface area contributed by atoms with E-state index in [4.69, 9.17) is 0 Å². The Morgan fingerprint density at radius 2 is 1.71 bits per heavy atom. The molecular formula is C16H19N3O2. The Bertz CT molecular complexity index is 641. The number of nitro groups is 1. The number of hydrogen-bond acceptors (Lipinski definition) is 4. The summed E-state index contributed by atoms with van der Waals surface area (Å²) in [6.07, 6.45) is 0. The quantitative estimate of drug-likeness (QED) is 0.670. The predicted octanol–water partition coefficient (Wildman–Crippen LogP) is 3.83. The van der Waals surface area contributed by atoms with E-state index in [0.29, 0.717) is 5.56 Å². The van der Waals surface area contributed by atoms with Crippen molar-refractivity contribution in [3.63, 3.8) is 0 Å². The Hall–Kier alpha value is -2.56. The monoisotopic (exact) mass is 285 g/mol. The number of hydrogen-bond donors (Lipinski definition) is 1. The van der Waals surface area contributed by atoms with E-state index in [1.807, 2.05) is 56.3 Å². The second-order valence-electron chi connectivity index (χ2n) is 5.09. The highest BCUT2D eigenvalue weighted by molar-refractivity contribution is 5.70. The summed E-state index contributed by atoms with van der Waals surface area (Å²) in [4.78, 5) is 12.8. The van der Waals surface area contributed by atoms with Gasteiger partial charge >= 0.3 is 0 Å². The van der Waals surface area contributed by atoms with Crippen molar-refractivity contribution in [3.8, 4) is 0 Å². The average molecular weight is 285 g/mol. The van der Waals surface area contributed by atoms with Crippen molar-refractivity contribution >= 4 is 17.1 Å². The highest BCUT2D eigenvalue weighted by Crippen LogP contribution is 2.31. The maximum absolute atomic E-state index is 11.1. The van der Waals surface area contributed by atoms with Crippen molar-refractivity contribution < 1.29 is 4.92 Å². The summed E-state index contributed by atoms with van der Waals surface area (Å²) in [7, 11) is 3.94. The molecule has 0 aliphatic heterocycles. The van der Waals surface area contributed by atoms with Crippen LogP contribution in [0.15, 0.2) is 48.5 Å². The van der Waals surface area contributed by atoms with Gasteiger partial charge < -0.3 is 10.2 Å². The van der Waals surface area contributed by atoms with Gasteiger partial charge in [0.1, 0.15) is 0 Å². The molecule has 0 saturated heterocycles. The van der Waals surface area contributed by atoms with Crippen LogP contribution in [0.25, 0.3) is 0 Å². The van der Waals surface area contributed by atoms with Gasteiger partial charge in [-0.2, -0.15) is 0 Å². The molecule has 0 aromatic heterocycles. The molecule has 0 aliphatic carbocycles. The van der Waals surface area contributed by atoms with E-state index < -0.39 is 0 Å². The topological polar surface area (TPSA) is 58.4 Å². The predicted molar refractivity (Wildman–Crippen MR) is 85.9 cm³/mol. The summed E-state index contributed by atoms with van der Waals surface area (Å²) in [5.41, 5.74) is 2.81. The van der Waals surface area contributed by atoms with Crippen LogP contribution < -0.4 is 10.2 Å². The Morgan fingerprint density at radius 1 is 1.10 bits per heavy atom. The molecule has 0 spiro atoms. The van der Waals surface area contributed by atoms with Gasteiger partial charge in [-0.1, -0.05) is 30.3 Å². The van der Waals surface area contributed by atoms with Gasteiger partial charge in [0.05, 0.1) is 27.9 Å². The molecule has 0 heterocycles. The second kappa shape index (κ2) is 6.26. The number of nitro benzene ring substituents is 1. The van der Waals surface area contributed by atoms with E-state index in [0.717, 1.165) is 11.4 Å². The van der Waals surface area contributed by atoms with Crippen molar-refractivity contribution in [2.24, 2.45) is 0 Å². The first-order chi connectivity index (χ1) is 10.0. The van der Waals surface area contributed by atoms with E-state index in [-0.39, 0.29) is 16.7 Å². The average Bonchev–Trinajstić information content (AvgIpc) is 2.47. The minimum Gasteiger partial charge on any atom is -0.377 e. The molecule has 0 aliphatic rings. The van der Waals surface area contributed by atoms with Gasteiger partial charge in [0.2, 0.25) is 0 Å². The Balaban J connectivity index is 2.31. The van der Waals surface area contributed by atoms with E-state index >= 15 is 0 Å². The lowest BCUT2D eigenvalue weighted by Crippen LogP contribution is -2.14. The lowest BCUT2D eigenvalue weighted by Gasteiger charge is -2.22. The van der Waals surface area contributed by atoms with Crippen LogP contribution in [0.2, 0.25) is 0 Å². The fraction of sp³-hybridized carbons (Fsp3) is 0.250. The lowest BCUT2D eigenvalue weighted by atomic mass is 10.1. The fourth-order valence-corrected chi connectivity index (χ4v) is 2.32. The van der Waals surface area contributed by atoms with Gasteiger partial charge in [-0.15, -0.1) is 0 Å². The number of para-hydroxylation sites is 3. The van der Waals surface area contributed by atoms with Crippen LogP contribution in [-0.2, 0) is 0 Å². The molecule has 0 radical (unpaired) electrons. The molecule has 0 fully saturated rings. The normalized spacial score (nSPS) is 11.8. The van der Waals surface area contributed by atoms with Crippen LogP contribution in [0.5, 0.6) is 0 Å². The minimum absolute atomic E-state index is 0.139.